The van der Waals surface area contributed by atoms with Gasteiger partial charge in [0.1, 0.15) is 6.04 Å². The molecule has 2 heterocycles. The molecule has 0 spiro atoms. The minimum Gasteiger partial charge on any atom is -0.480 e. The average molecular weight is 349 g/mol. The number of aliphatic hydroxyl groups excluding tert-OH is 1. The van der Waals surface area contributed by atoms with Crippen molar-refractivity contribution in [1.82, 2.24) is 10.2 Å². The number of carboxylic acid groups (broad SMARTS) is 1. The first-order valence-electron chi connectivity index (χ1n) is 5.67. The Balaban J connectivity index is 1.93. The van der Waals surface area contributed by atoms with Gasteiger partial charge in [0.15, 0.2) is 0 Å². The number of aliphatic hydroxyl groups is 1. The molecule has 0 aromatic carbocycles. The molecule has 1 aromatic heterocycles. The molecular weight excluding hydrogens is 336 g/mol. The highest BCUT2D eigenvalue weighted by atomic mass is 79.9. The predicted octanol–water partition coefficient (Wildman–Crippen LogP) is 1.24. The molecule has 2 amide bonds. The highest BCUT2D eigenvalue weighted by Crippen LogP contribution is 2.22. The SMILES string of the molecule is O=C(O)C1CC(O)CN1C(=O)NCc1ccc(Br)s1. The number of likely N-dealkylation sites (tertiary alicyclic amines) is 1. The van der Waals surface area contributed by atoms with E-state index in [4.69, 9.17) is 5.11 Å². The molecular formula is C11H13BrN2O4S. The Bertz CT molecular complexity index is 493. The molecule has 0 radical (unpaired) electrons. The Kier molecular flexibility index (Phi) is 4.43. The summed E-state index contributed by atoms with van der Waals surface area (Å²) in [7, 11) is 0. The quantitative estimate of drug-likeness (QED) is 0.766. The van der Waals surface area contributed by atoms with Gasteiger partial charge in [-0.1, -0.05) is 0 Å². The van der Waals surface area contributed by atoms with Gasteiger partial charge in [-0.2, -0.15) is 0 Å². The monoisotopic (exact) mass is 348 g/mol. The Labute approximate surface area is 122 Å². The third kappa shape index (κ3) is 3.46. The standard InChI is InChI=1S/C11H13BrN2O4S/c12-9-2-1-7(19-9)4-13-11(18)14-5-6(15)3-8(14)10(16)17/h1-2,6,8,15H,3-5H2,(H,13,18)(H,16,17). The van der Waals surface area contributed by atoms with Crippen LogP contribution in [0.5, 0.6) is 0 Å². The fourth-order valence-electron chi connectivity index (χ4n) is 1.98. The van der Waals surface area contributed by atoms with Crippen molar-refractivity contribution in [1.29, 1.82) is 0 Å². The number of β-amino-alcohol motifs (C(OH)–C–C–N with tert-alkyl or cyclic N) is 1. The first-order chi connectivity index (χ1) is 8.97. The lowest BCUT2D eigenvalue weighted by Gasteiger charge is -2.21. The van der Waals surface area contributed by atoms with Gasteiger partial charge in [0, 0.05) is 17.8 Å². The second kappa shape index (κ2) is 5.89. The van der Waals surface area contributed by atoms with E-state index >= 15 is 0 Å². The van der Waals surface area contributed by atoms with E-state index < -0.39 is 24.1 Å². The molecule has 2 atom stereocenters. The van der Waals surface area contributed by atoms with E-state index in [1.54, 1.807) is 0 Å². The molecule has 6 nitrogen and oxygen atoms in total. The van der Waals surface area contributed by atoms with Crippen molar-refractivity contribution < 1.29 is 19.8 Å². The lowest BCUT2D eigenvalue weighted by Crippen LogP contribution is -2.45. The van der Waals surface area contributed by atoms with Crippen LogP contribution in [0.15, 0.2) is 15.9 Å². The Hall–Kier alpha value is -1.12. The molecule has 1 fully saturated rings. The summed E-state index contributed by atoms with van der Waals surface area (Å²) in [6.07, 6.45) is -0.699. The number of halogens is 1. The molecule has 19 heavy (non-hydrogen) atoms. The van der Waals surface area contributed by atoms with Crippen molar-refractivity contribution in [3.63, 3.8) is 0 Å². The second-order valence-corrected chi connectivity index (χ2v) is 6.81. The molecule has 8 heteroatoms. The lowest BCUT2D eigenvalue weighted by atomic mass is 10.2. The number of hydrogen-bond acceptors (Lipinski definition) is 4. The largest absolute Gasteiger partial charge is 0.480 e. The minimum atomic E-state index is -1.09. The first-order valence-corrected chi connectivity index (χ1v) is 7.28. The molecule has 0 aliphatic carbocycles. The number of hydrogen-bond donors (Lipinski definition) is 3. The molecule has 3 N–H and O–H groups in total. The van der Waals surface area contributed by atoms with Crippen LogP contribution in [-0.2, 0) is 11.3 Å². The van der Waals surface area contributed by atoms with E-state index in [1.807, 2.05) is 12.1 Å². The highest BCUT2D eigenvalue weighted by molar-refractivity contribution is 9.11. The molecule has 2 unspecified atom stereocenters. The summed E-state index contributed by atoms with van der Waals surface area (Å²) in [6.45, 7) is 0.394. The topological polar surface area (TPSA) is 89.9 Å². The maximum atomic E-state index is 11.9. The molecule has 1 aliphatic heterocycles. The molecule has 104 valence electrons. The van der Waals surface area contributed by atoms with Crippen LogP contribution in [0.2, 0.25) is 0 Å². The number of carboxylic acids is 1. The molecule has 1 saturated heterocycles. The van der Waals surface area contributed by atoms with Gasteiger partial charge in [-0.3, -0.25) is 0 Å². The summed E-state index contributed by atoms with van der Waals surface area (Å²) in [5.41, 5.74) is 0. The summed E-state index contributed by atoms with van der Waals surface area (Å²) in [5, 5.41) is 21.1. The lowest BCUT2D eigenvalue weighted by molar-refractivity contribution is -0.141. The van der Waals surface area contributed by atoms with Crippen molar-refractivity contribution in [2.45, 2.75) is 25.1 Å². The van der Waals surface area contributed by atoms with E-state index in [0.29, 0.717) is 6.54 Å². The van der Waals surface area contributed by atoms with Gasteiger partial charge in [0.05, 0.1) is 16.4 Å². The molecule has 2 rings (SSSR count). The number of thiophene rings is 1. The number of amides is 2. The summed E-state index contributed by atoms with van der Waals surface area (Å²) in [5.74, 6) is -1.09. The number of carbonyl (C=O) groups is 2. The van der Waals surface area contributed by atoms with Crippen molar-refractivity contribution in [3.05, 3.63) is 20.8 Å². The van der Waals surface area contributed by atoms with E-state index in [2.05, 4.69) is 21.2 Å². The highest BCUT2D eigenvalue weighted by Gasteiger charge is 2.38. The van der Waals surface area contributed by atoms with Gasteiger partial charge < -0.3 is 20.4 Å². The zero-order valence-electron chi connectivity index (χ0n) is 9.88. The van der Waals surface area contributed by atoms with Crippen LogP contribution in [0, 0.1) is 0 Å². The van der Waals surface area contributed by atoms with Gasteiger partial charge in [0.25, 0.3) is 0 Å². The Morgan fingerprint density at radius 2 is 2.26 bits per heavy atom. The van der Waals surface area contributed by atoms with Gasteiger partial charge >= 0.3 is 12.0 Å². The van der Waals surface area contributed by atoms with E-state index in [1.165, 1.54) is 11.3 Å². The Morgan fingerprint density at radius 1 is 1.53 bits per heavy atom. The zero-order valence-corrected chi connectivity index (χ0v) is 12.3. The third-order valence-electron chi connectivity index (χ3n) is 2.87. The third-order valence-corrected chi connectivity index (χ3v) is 4.49. The summed E-state index contributed by atoms with van der Waals surface area (Å²) >= 11 is 4.82. The van der Waals surface area contributed by atoms with Crippen molar-refractivity contribution >= 4 is 39.3 Å². The van der Waals surface area contributed by atoms with Gasteiger partial charge in [-0.05, 0) is 28.1 Å². The molecule has 0 saturated carbocycles. The van der Waals surface area contributed by atoms with Gasteiger partial charge in [-0.25, -0.2) is 9.59 Å². The smallest absolute Gasteiger partial charge is 0.326 e. The van der Waals surface area contributed by atoms with Crippen molar-refractivity contribution in [2.75, 3.05) is 6.54 Å². The summed E-state index contributed by atoms with van der Waals surface area (Å²) < 4.78 is 0.969. The number of nitrogens with zero attached hydrogens (tertiary/aromatic N) is 1. The van der Waals surface area contributed by atoms with Crippen LogP contribution < -0.4 is 5.32 Å². The fraction of sp³-hybridized carbons (Fsp3) is 0.455. The van der Waals surface area contributed by atoms with Crippen LogP contribution >= 0.6 is 27.3 Å². The van der Waals surface area contributed by atoms with E-state index in [-0.39, 0.29) is 13.0 Å². The van der Waals surface area contributed by atoms with Crippen LogP contribution in [0.4, 0.5) is 4.79 Å². The zero-order chi connectivity index (χ0) is 14.0. The van der Waals surface area contributed by atoms with E-state index in [0.717, 1.165) is 13.6 Å². The normalized spacial score (nSPS) is 22.5. The maximum Gasteiger partial charge on any atom is 0.326 e. The Morgan fingerprint density at radius 3 is 2.84 bits per heavy atom. The molecule has 0 bridgehead atoms. The average Bonchev–Trinajstić information content (AvgIpc) is 2.92. The second-order valence-electron chi connectivity index (χ2n) is 4.26. The van der Waals surface area contributed by atoms with Crippen LogP contribution in [0.1, 0.15) is 11.3 Å². The summed E-state index contributed by atoms with van der Waals surface area (Å²) in [6, 6.07) is 2.34. The van der Waals surface area contributed by atoms with E-state index in [9.17, 15) is 14.7 Å². The van der Waals surface area contributed by atoms with Gasteiger partial charge in [0.2, 0.25) is 0 Å². The number of nitrogens with one attached hydrogen (secondary N) is 1. The van der Waals surface area contributed by atoms with Crippen molar-refractivity contribution in [3.8, 4) is 0 Å². The maximum absolute atomic E-state index is 11.9. The minimum absolute atomic E-state index is 0.0525. The van der Waals surface area contributed by atoms with Gasteiger partial charge in [-0.15, -0.1) is 11.3 Å². The summed E-state index contributed by atoms with van der Waals surface area (Å²) in [4.78, 5) is 25.0. The number of urea groups is 1. The van der Waals surface area contributed by atoms with Crippen LogP contribution in [0.25, 0.3) is 0 Å². The molecule has 1 aromatic rings. The fourth-order valence-corrected chi connectivity index (χ4v) is 3.41. The number of carbonyl (C=O) groups excluding carboxylic acids is 1. The van der Waals surface area contributed by atoms with Crippen LogP contribution in [0.3, 0.4) is 0 Å². The van der Waals surface area contributed by atoms with Crippen molar-refractivity contribution in [2.24, 2.45) is 0 Å². The predicted molar refractivity (Wildman–Crippen MR) is 73.0 cm³/mol. The first kappa shape index (κ1) is 14.3. The van der Waals surface area contributed by atoms with Crippen LogP contribution in [-0.4, -0.2) is 45.8 Å². The number of rotatable bonds is 3. The number of aliphatic carboxylic acids is 1. The molecule has 1 aliphatic rings.